The summed E-state index contributed by atoms with van der Waals surface area (Å²) in [4.78, 5) is 55.1. The minimum Gasteiger partial charge on any atom is -0.496 e. The molecule has 1 saturated carbocycles. The first-order valence-corrected chi connectivity index (χ1v) is 23.2. The van der Waals surface area contributed by atoms with Gasteiger partial charge in [-0.2, -0.15) is 12.7 Å². The van der Waals surface area contributed by atoms with Crippen LogP contribution in [0.25, 0.3) is 21.6 Å². The summed E-state index contributed by atoms with van der Waals surface area (Å²) < 4.78 is 55.7. The van der Waals surface area contributed by atoms with E-state index >= 15 is 0 Å². The van der Waals surface area contributed by atoms with Crippen LogP contribution in [0.1, 0.15) is 88.0 Å². The molecular formula is C45H55FN6O7S2. The number of aryl methyl sites for hydroxylation is 2. The number of pyridine rings is 1. The number of hydrogen-bond acceptors (Lipinski definition) is 11. The van der Waals surface area contributed by atoms with Crippen LogP contribution in [0.3, 0.4) is 0 Å². The molecule has 0 radical (unpaired) electrons. The fourth-order valence-corrected chi connectivity index (χ4v) is 9.96. The zero-order valence-electron chi connectivity index (χ0n) is 35.8. The molecule has 4 aromatic rings. The SMILES string of the molecule is COc1ccc2c(O[C@@H]3C[C@H]4C(=O)C[C@]5(C(=O)NS(=O)(=O)N(C)C)C[C@@H]5/C=C\CCCCC[C@H](Nc5ccc(F)c(C)c5)C(=O)N4C3)cc(-c3nc(C(C)C)cs3)nc2c1C. The number of halogens is 1. The lowest BCUT2D eigenvalue weighted by Crippen LogP contribution is -2.49. The molecule has 0 unspecified atom stereocenters. The van der Waals surface area contributed by atoms with Gasteiger partial charge >= 0.3 is 10.2 Å². The second kappa shape index (κ2) is 17.8. The lowest BCUT2D eigenvalue weighted by Gasteiger charge is -2.30. The van der Waals surface area contributed by atoms with Crippen LogP contribution in [0.15, 0.2) is 53.9 Å². The van der Waals surface area contributed by atoms with Crippen LogP contribution < -0.4 is 19.5 Å². The quantitative estimate of drug-likeness (QED) is 0.153. The number of nitrogens with zero attached hydrogens (tertiary/aromatic N) is 4. The molecule has 4 heterocycles. The van der Waals surface area contributed by atoms with E-state index in [0.717, 1.165) is 45.2 Å². The number of amides is 2. The molecule has 7 rings (SSSR count). The Balaban J connectivity index is 1.27. The summed E-state index contributed by atoms with van der Waals surface area (Å²) >= 11 is 1.49. The number of ether oxygens (including phenoxy) is 2. The lowest BCUT2D eigenvalue weighted by molar-refractivity contribution is -0.139. The van der Waals surface area contributed by atoms with Gasteiger partial charge in [0.2, 0.25) is 11.8 Å². The number of anilines is 1. The summed E-state index contributed by atoms with van der Waals surface area (Å²) in [6.07, 6.45) is 7.00. The summed E-state index contributed by atoms with van der Waals surface area (Å²) in [6, 6.07) is 8.48. The Morgan fingerprint density at radius 1 is 1.07 bits per heavy atom. The summed E-state index contributed by atoms with van der Waals surface area (Å²) in [5.41, 5.74) is 2.75. The van der Waals surface area contributed by atoms with Gasteiger partial charge < -0.3 is 19.7 Å². The number of rotatable bonds is 10. The Morgan fingerprint density at radius 2 is 1.85 bits per heavy atom. The highest BCUT2D eigenvalue weighted by Gasteiger charge is 2.61. The van der Waals surface area contributed by atoms with E-state index in [1.807, 2.05) is 42.7 Å². The number of allylic oxidation sites excluding steroid dienone is 2. The van der Waals surface area contributed by atoms with Crippen molar-refractivity contribution in [1.82, 2.24) is 23.9 Å². The number of carbonyl (C=O) groups excluding carboxylic acids is 3. The summed E-state index contributed by atoms with van der Waals surface area (Å²) in [7, 11) is 0.113. The van der Waals surface area contributed by atoms with Crippen molar-refractivity contribution in [2.24, 2.45) is 11.3 Å². The van der Waals surface area contributed by atoms with Gasteiger partial charge in [-0.1, -0.05) is 38.8 Å². The van der Waals surface area contributed by atoms with E-state index in [1.54, 1.807) is 31.1 Å². The lowest BCUT2D eigenvalue weighted by atomic mass is 9.91. The minimum atomic E-state index is -4.14. The van der Waals surface area contributed by atoms with E-state index in [0.29, 0.717) is 53.2 Å². The maximum absolute atomic E-state index is 14.9. The van der Waals surface area contributed by atoms with Crippen LogP contribution in [0.5, 0.6) is 11.5 Å². The highest BCUT2D eigenvalue weighted by molar-refractivity contribution is 7.87. The van der Waals surface area contributed by atoms with Crippen LogP contribution in [0.2, 0.25) is 0 Å². The van der Waals surface area contributed by atoms with Gasteiger partial charge in [0.25, 0.3) is 0 Å². The predicted molar refractivity (Wildman–Crippen MR) is 234 cm³/mol. The number of methoxy groups -OCH3 is 1. The molecule has 2 aromatic heterocycles. The predicted octanol–water partition coefficient (Wildman–Crippen LogP) is 7.48. The third kappa shape index (κ3) is 9.31. The number of benzene rings is 2. The standard InChI is InChI=1S/C45H55FN6O7S2/c1-26(2)36-25-60-42(49-36)35-21-40(32-16-18-39(58-7)28(4)41(32)48-35)59-31-20-37-38(53)23-45(44(55)50-61(56,57)51(5)6)22-29(45)13-11-9-8-10-12-14-34(43(54)52(37)24-31)47-30-15-17-33(46)27(3)19-30/h11,13,15-19,21,25-26,29,31,34,37,47H,8-10,12,14,20,22-24H2,1-7H3,(H,50,55)/b13-11-/t29-,31+,34-,37-,45+/m0/s1. The molecule has 0 spiro atoms. The van der Waals surface area contributed by atoms with E-state index in [-0.39, 0.29) is 48.7 Å². The first kappa shape index (κ1) is 44.1. The van der Waals surface area contributed by atoms with Crippen LogP contribution in [0, 0.1) is 31.0 Å². The van der Waals surface area contributed by atoms with Gasteiger partial charge in [-0.25, -0.2) is 19.1 Å². The molecule has 2 amide bonds. The maximum atomic E-state index is 14.9. The van der Waals surface area contributed by atoms with Crippen LogP contribution in [0.4, 0.5) is 10.1 Å². The number of thiazole rings is 1. The second-order valence-corrected chi connectivity index (χ2v) is 19.8. The summed E-state index contributed by atoms with van der Waals surface area (Å²) in [6.45, 7) is 7.82. The second-order valence-electron chi connectivity index (χ2n) is 17.1. The van der Waals surface area contributed by atoms with Crippen LogP contribution >= 0.6 is 11.3 Å². The van der Waals surface area contributed by atoms with E-state index < -0.39 is 39.7 Å². The van der Waals surface area contributed by atoms with Gasteiger partial charge in [0.1, 0.15) is 40.2 Å². The minimum absolute atomic E-state index is 0.0659. The molecule has 61 heavy (non-hydrogen) atoms. The monoisotopic (exact) mass is 874 g/mol. The van der Waals surface area contributed by atoms with Crippen LogP contribution in [-0.4, -0.2) is 91.1 Å². The van der Waals surface area contributed by atoms with Gasteiger partial charge in [-0.15, -0.1) is 11.3 Å². The Morgan fingerprint density at radius 3 is 2.56 bits per heavy atom. The van der Waals surface area contributed by atoms with Crippen molar-refractivity contribution in [2.45, 2.75) is 103 Å². The smallest absolute Gasteiger partial charge is 0.303 e. The number of fused-ring (bicyclic) bond motifs is 3. The molecule has 2 fully saturated rings. The van der Waals surface area contributed by atoms with Gasteiger partial charge in [0.05, 0.1) is 36.3 Å². The fraction of sp³-hybridized carbons (Fsp3) is 0.489. The van der Waals surface area contributed by atoms with Crippen molar-refractivity contribution >= 4 is 55.7 Å². The normalized spacial score (nSPS) is 24.2. The van der Waals surface area contributed by atoms with E-state index in [1.165, 1.54) is 31.5 Å². The number of Topliss-reactive ketones (excluding diaryl/α,β-unsaturated/α-hetero) is 1. The van der Waals surface area contributed by atoms with Gasteiger partial charge in [-0.3, -0.25) is 14.4 Å². The zero-order valence-corrected chi connectivity index (χ0v) is 37.4. The molecule has 16 heteroatoms. The van der Waals surface area contributed by atoms with Gasteiger partial charge in [-0.05, 0) is 87.3 Å². The third-order valence-electron chi connectivity index (χ3n) is 12.2. The Labute approximate surface area is 361 Å². The first-order valence-electron chi connectivity index (χ1n) is 20.9. The van der Waals surface area contributed by atoms with Crippen molar-refractivity contribution in [3.05, 3.63) is 76.6 Å². The molecule has 13 nitrogen and oxygen atoms in total. The van der Waals surface area contributed by atoms with Crippen molar-refractivity contribution in [3.63, 3.8) is 0 Å². The van der Waals surface area contributed by atoms with Gasteiger partial charge in [0.15, 0.2) is 5.78 Å². The number of carbonyl (C=O) groups is 3. The van der Waals surface area contributed by atoms with Crippen molar-refractivity contribution in [3.8, 4) is 22.2 Å². The molecule has 5 atom stereocenters. The number of hydrogen-bond donors (Lipinski definition) is 2. The topological polar surface area (TPSA) is 160 Å². The molecule has 3 aliphatic rings. The van der Waals surface area contributed by atoms with Crippen LogP contribution in [-0.2, 0) is 24.6 Å². The first-order chi connectivity index (χ1) is 29.0. The number of aromatic nitrogens is 2. The number of nitrogens with one attached hydrogen (secondary N) is 2. The largest absolute Gasteiger partial charge is 0.496 e. The molecule has 2 aromatic carbocycles. The summed E-state index contributed by atoms with van der Waals surface area (Å²) in [5.74, 6) is -0.737. The van der Waals surface area contributed by atoms with Gasteiger partial charge in [0, 0.05) is 55.0 Å². The average Bonchev–Trinajstić information content (AvgIpc) is 3.50. The van der Waals surface area contributed by atoms with E-state index in [9.17, 15) is 27.2 Å². The van der Waals surface area contributed by atoms with E-state index in [4.69, 9.17) is 19.4 Å². The molecule has 0 bridgehead atoms. The van der Waals surface area contributed by atoms with Crippen molar-refractivity contribution in [2.75, 3.05) is 33.1 Å². The van der Waals surface area contributed by atoms with E-state index in [2.05, 4.69) is 23.9 Å². The Bertz CT molecular complexity index is 2470. The zero-order chi connectivity index (χ0) is 43.8. The van der Waals surface area contributed by atoms with Crippen molar-refractivity contribution in [1.29, 1.82) is 0 Å². The highest BCUT2D eigenvalue weighted by atomic mass is 32.2. The fourth-order valence-electron chi connectivity index (χ4n) is 8.40. The molecule has 2 aliphatic heterocycles. The molecular weight excluding hydrogens is 820 g/mol. The third-order valence-corrected chi connectivity index (χ3v) is 14.5. The molecule has 1 aliphatic carbocycles. The Kier molecular flexibility index (Phi) is 12.9. The highest BCUT2D eigenvalue weighted by Crippen LogP contribution is 2.57. The number of ketones is 1. The summed E-state index contributed by atoms with van der Waals surface area (Å²) in [5, 5.41) is 6.82. The maximum Gasteiger partial charge on any atom is 0.303 e. The average molecular weight is 875 g/mol. The molecule has 1 saturated heterocycles. The molecule has 2 N–H and O–H groups in total. The van der Waals surface area contributed by atoms with Crippen molar-refractivity contribution < 1.29 is 36.7 Å². The molecule has 326 valence electrons. The Hall–Kier alpha value is -4.93.